The molecule has 21 heavy (non-hydrogen) atoms. The standard InChI is InChI=1S/C14H15BrN4O2/c1-2-16-13-12(15)14(19-7-18-13)17-6-9-3-4-10-11(5-9)21-8-20-10/h3-5,7H,2,6,8H2,1H3,(H2,16,17,18,19). The second-order valence-corrected chi connectivity index (χ2v) is 5.25. The number of nitrogens with one attached hydrogen (secondary N) is 2. The molecule has 6 nitrogen and oxygen atoms in total. The highest BCUT2D eigenvalue weighted by atomic mass is 79.9. The van der Waals surface area contributed by atoms with Crippen LogP contribution in [-0.2, 0) is 6.54 Å². The molecule has 2 N–H and O–H groups in total. The Kier molecular flexibility index (Phi) is 4.10. The normalized spacial score (nSPS) is 12.3. The molecule has 2 heterocycles. The highest BCUT2D eigenvalue weighted by Gasteiger charge is 2.13. The van der Waals surface area contributed by atoms with Crippen LogP contribution in [-0.4, -0.2) is 23.3 Å². The van der Waals surface area contributed by atoms with E-state index in [1.165, 1.54) is 6.33 Å². The molecule has 1 aromatic heterocycles. The van der Waals surface area contributed by atoms with Gasteiger partial charge in [0.1, 0.15) is 22.4 Å². The fraction of sp³-hybridized carbons (Fsp3) is 0.286. The van der Waals surface area contributed by atoms with Crippen molar-refractivity contribution in [3.8, 4) is 11.5 Å². The number of nitrogens with zero attached hydrogens (tertiary/aromatic N) is 2. The summed E-state index contributed by atoms with van der Waals surface area (Å²) >= 11 is 3.51. The van der Waals surface area contributed by atoms with E-state index in [9.17, 15) is 0 Å². The molecular formula is C14H15BrN4O2. The van der Waals surface area contributed by atoms with Crippen LogP contribution in [0.25, 0.3) is 0 Å². The van der Waals surface area contributed by atoms with Gasteiger partial charge >= 0.3 is 0 Å². The molecule has 0 unspecified atom stereocenters. The Bertz CT molecular complexity index is 651. The Hall–Kier alpha value is -2.02. The number of anilines is 2. The molecule has 1 aliphatic rings. The lowest BCUT2D eigenvalue weighted by Crippen LogP contribution is -2.06. The predicted octanol–water partition coefficient (Wildman–Crippen LogP) is 3.01. The third kappa shape index (κ3) is 3.02. The molecule has 2 aromatic rings. The molecule has 7 heteroatoms. The second kappa shape index (κ2) is 6.17. The third-order valence-electron chi connectivity index (χ3n) is 3.03. The smallest absolute Gasteiger partial charge is 0.231 e. The number of ether oxygens (including phenoxy) is 2. The minimum absolute atomic E-state index is 0.287. The summed E-state index contributed by atoms with van der Waals surface area (Å²) in [6.07, 6.45) is 1.53. The van der Waals surface area contributed by atoms with Crippen LogP contribution < -0.4 is 20.1 Å². The van der Waals surface area contributed by atoms with E-state index < -0.39 is 0 Å². The molecule has 1 aliphatic heterocycles. The molecule has 0 amide bonds. The van der Waals surface area contributed by atoms with E-state index in [1.807, 2.05) is 25.1 Å². The molecule has 0 spiro atoms. The van der Waals surface area contributed by atoms with Gasteiger partial charge in [0, 0.05) is 13.1 Å². The first-order valence-corrected chi connectivity index (χ1v) is 7.44. The van der Waals surface area contributed by atoms with Crippen molar-refractivity contribution in [3.05, 3.63) is 34.6 Å². The van der Waals surface area contributed by atoms with Crippen LogP contribution in [0.1, 0.15) is 12.5 Å². The molecule has 1 aromatic carbocycles. The number of aromatic nitrogens is 2. The van der Waals surface area contributed by atoms with Crippen molar-refractivity contribution in [3.63, 3.8) is 0 Å². The Morgan fingerprint density at radius 1 is 1.14 bits per heavy atom. The van der Waals surface area contributed by atoms with Crippen LogP contribution in [0.2, 0.25) is 0 Å². The third-order valence-corrected chi connectivity index (χ3v) is 3.78. The van der Waals surface area contributed by atoms with Crippen LogP contribution in [0.4, 0.5) is 11.6 Å². The summed E-state index contributed by atoms with van der Waals surface area (Å²) in [7, 11) is 0. The van der Waals surface area contributed by atoms with Gasteiger partial charge < -0.3 is 20.1 Å². The van der Waals surface area contributed by atoms with Gasteiger partial charge in [-0.1, -0.05) is 6.07 Å². The molecule has 0 aliphatic carbocycles. The summed E-state index contributed by atoms with van der Waals surface area (Å²) in [5.74, 6) is 3.10. The van der Waals surface area contributed by atoms with Crippen molar-refractivity contribution in [1.29, 1.82) is 0 Å². The average Bonchev–Trinajstić information content (AvgIpc) is 2.96. The summed E-state index contributed by atoms with van der Waals surface area (Å²) in [5, 5.41) is 6.46. The number of benzene rings is 1. The highest BCUT2D eigenvalue weighted by Crippen LogP contribution is 2.33. The zero-order chi connectivity index (χ0) is 14.7. The van der Waals surface area contributed by atoms with E-state index in [-0.39, 0.29) is 6.79 Å². The zero-order valence-corrected chi connectivity index (χ0v) is 13.1. The molecule has 3 rings (SSSR count). The molecule has 0 saturated carbocycles. The van der Waals surface area contributed by atoms with E-state index in [1.54, 1.807) is 0 Å². The molecule has 110 valence electrons. The molecule has 0 radical (unpaired) electrons. The van der Waals surface area contributed by atoms with Gasteiger partial charge in [-0.2, -0.15) is 0 Å². The topological polar surface area (TPSA) is 68.3 Å². The summed E-state index contributed by atoms with van der Waals surface area (Å²) in [6, 6.07) is 5.88. The Morgan fingerprint density at radius 2 is 1.90 bits per heavy atom. The first kappa shape index (κ1) is 13.9. The SMILES string of the molecule is CCNc1ncnc(NCc2ccc3c(c2)OCO3)c1Br. The van der Waals surface area contributed by atoms with Crippen molar-refractivity contribution >= 4 is 27.6 Å². The Morgan fingerprint density at radius 3 is 2.71 bits per heavy atom. The van der Waals surface area contributed by atoms with Crippen LogP contribution in [0.5, 0.6) is 11.5 Å². The maximum absolute atomic E-state index is 5.37. The fourth-order valence-corrected chi connectivity index (χ4v) is 2.51. The second-order valence-electron chi connectivity index (χ2n) is 4.46. The molecular weight excluding hydrogens is 336 g/mol. The molecule has 0 fully saturated rings. The van der Waals surface area contributed by atoms with Crippen molar-refractivity contribution in [2.75, 3.05) is 24.0 Å². The number of rotatable bonds is 5. The Labute approximate surface area is 131 Å². The van der Waals surface area contributed by atoms with Gasteiger partial charge in [-0.05, 0) is 40.5 Å². The van der Waals surface area contributed by atoms with Gasteiger partial charge in [-0.3, -0.25) is 0 Å². The highest BCUT2D eigenvalue weighted by molar-refractivity contribution is 9.10. The minimum atomic E-state index is 0.287. The van der Waals surface area contributed by atoms with Gasteiger partial charge in [-0.25, -0.2) is 9.97 Å². The first-order valence-electron chi connectivity index (χ1n) is 6.64. The summed E-state index contributed by atoms with van der Waals surface area (Å²) in [6.45, 7) is 3.75. The average molecular weight is 351 g/mol. The van der Waals surface area contributed by atoms with E-state index >= 15 is 0 Å². The van der Waals surface area contributed by atoms with Gasteiger partial charge in [0.05, 0.1) is 0 Å². The molecule has 0 atom stereocenters. The molecule has 0 saturated heterocycles. The zero-order valence-electron chi connectivity index (χ0n) is 11.5. The lowest BCUT2D eigenvalue weighted by Gasteiger charge is -2.11. The van der Waals surface area contributed by atoms with Gasteiger partial charge in [-0.15, -0.1) is 0 Å². The van der Waals surface area contributed by atoms with E-state index in [2.05, 4.69) is 36.5 Å². The fourth-order valence-electron chi connectivity index (χ4n) is 2.02. The number of hydrogen-bond donors (Lipinski definition) is 2. The molecule has 0 bridgehead atoms. The van der Waals surface area contributed by atoms with Crippen LogP contribution in [0.3, 0.4) is 0 Å². The lowest BCUT2D eigenvalue weighted by atomic mass is 10.2. The Balaban J connectivity index is 1.71. The van der Waals surface area contributed by atoms with Gasteiger partial charge in [0.25, 0.3) is 0 Å². The van der Waals surface area contributed by atoms with Gasteiger partial charge in [0.2, 0.25) is 6.79 Å². The summed E-state index contributed by atoms with van der Waals surface area (Å²) in [5.41, 5.74) is 1.09. The number of fused-ring (bicyclic) bond motifs is 1. The van der Waals surface area contributed by atoms with E-state index in [0.29, 0.717) is 6.54 Å². The largest absolute Gasteiger partial charge is 0.454 e. The maximum atomic E-state index is 5.37. The lowest BCUT2D eigenvalue weighted by molar-refractivity contribution is 0.174. The minimum Gasteiger partial charge on any atom is -0.454 e. The first-order chi connectivity index (χ1) is 10.3. The van der Waals surface area contributed by atoms with Crippen LogP contribution >= 0.6 is 15.9 Å². The number of halogens is 1. The summed E-state index contributed by atoms with van der Waals surface area (Å²) in [4.78, 5) is 8.43. The number of hydrogen-bond acceptors (Lipinski definition) is 6. The van der Waals surface area contributed by atoms with Crippen molar-refractivity contribution < 1.29 is 9.47 Å². The van der Waals surface area contributed by atoms with Gasteiger partial charge in [0.15, 0.2) is 11.5 Å². The predicted molar refractivity (Wildman–Crippen MR) is 83.8 cm³/mol. The maximum Gasteiger partial charge on any atom is 0.231 e. The van der Waals surface area contributed by atoms with Crippen molar-refractivity contribution in [2.24, 2.45) is 0 Å². The van der Waals surface area contributed by atoms with E-state index in [0.717, 1.165) is 39.7 Å². The van der Waals surface area contributed by atoms with Crippen molar-refractivity contribution in [2.45, 2.75) is 13.5 Å². The van der Waals surface area contributed by atoms with Crippen LogP contribution in [0.15, 0.2) is 29.0 Å². The summed E-state index contributed by atoms with van der Waals surface area (Å²) < 4.78 is 11.5. The van der Waals surface area contributed by atoms with E-state index in [4.69, 9.17) is 9.47 Å². The van der Waals surface area contributed by atoms with Crippen molar-refractivity contribution in [1.82, 2.24) is 9.97 Å². The quantitative estimate of drug-likeness (QED) is 0.863. The van der Waals surface area contributed by atoms with Crippen LogP contribution in [0, 0.1) is 0 Å². The monoisotopic (exact) mass is 350 g/mol.